The third-order valence-electron chi connectivity index (χ3n) is 4.62. The van der Waals surface area contributed by atoms with Gasteiger partial charge < -0.3 is 0 Å². The second-order valence-corrected chi connectivity index (χ2v) is 7.98. The summed E-state index contributed by atoms with van der Waals surface area (Å²) in [7, 11) is 0. The molecule has 3 nitrogen and oxygen atoms in total. The SMILES string of the molecule is CC(C)(C)c1ccc(C2CC2C(=O)NN=Cc2ccccc2Cl)cc1. The van der Waals surface area contributed by atoms with Gasteiger partial charge in [0, 0.05) is 16.5 Å². The number of benzene rings is 2. The van der Waals surface area contributed by atoms with Crippen molar-refractivity contribution >= 4 is 23.7 Å². The molecular formula is C21H23ClN2O. The molecule has 1 N–H and O–H groups in total. The third kappa shape index (κ3) is 4.29. The van der Waals surface area contributed by atoms with E-state index in [2.05, 4.69) is 55.6 Å². The van der Waals surface area contributed by atoms with Crippen LogP contribution in [-0.2, 0) is 10.2 Å². The molecule has 0 radical (unpaired) electrons. The highest BCUT2D eigenvalue weighted by atomic mass is 35.5. The summed E-state index contributed by atoms with van der Waals surface area (Å²) in [6, 6.07) is 16.0. The fourth-order valence-corrected chi connectivity index (χ4v) is 3.10. The van der Waals surface area contributed by atoms with Gasteiger partial charge in [-0.2, -0.15) is 5.10 Å². The van der Waals surface area contributed by atoms with E-state index in [1.165, 1.54) is 11.1 Å². The fourth-order valence-electron chi connectivity index (χ4n) is 2.91. The van der Waals surface area contributed by atoms with Crippen LogP contribution in [0.15, 0.2) is 53.6 Å². The van der Waals surface area contributed by atoms with Crippen molar-refractivity contribution in [2.75, 3.05) is 0 Å². The van der Waals surface area contributed by atoms with Gasteiger partial charge in [-0.3, -0.25) is 4.79 Å². The summed E-state index contributed by atoms with van der Waals surface area (Å²) < 4.78 is 0. The summed E-state index contributed by atoms with van der Waals surface area (Å²) in [5, 5.41) is 4.64. The molecule has 2 aromatic rings. The van der Waals surface area contributed by atoms with Crippen molar-refractivity contribution in [1.29, 1.82) is 0 Å². The topological polar surface area (TPSA) is 41.5 Å². The maximum atomic E-state index is 12.2. The Balaban J connectivity index is 1.56. The number of nitrogens with one attached hydrogen (secondary N) is 1. The van der Waals surface area contributed by atoms with Crippen molar-refractivity contribution in [3.8, 4) is 0 Å². The molecule has 25 heavy (non-hydrogen) atoms. The van der Waals surface area contributed by atoms with Gasteiger partial charge in [-0.1, -0.05) is 74.8 Å². The maximum Gasteiger partial charge on any atom is 0.243 e. The van der Waals surface area contributed by atoms with E-state index in [9.17, 15) is 4.79 Å². The van der Waals surface area contributed by atoms with Crippen molar-refractivity contribution in [3.05, 3.63) is 70.2 Å². The van der Waals surface area contributed by atoms with Gasteiger partial charge >= 0.3 is 0 Å². The largest absolute Gasteiger partial charge is 0.273 e. The monoisotopic (exact) mass is 354 g/mol. The molecule has 0 spiro atoms. The zero-order valence-corrected chi connectivity index (χ0v) is 15.5. The van der Waals surface area contributed by atoms with E-state index in [0.717, 1.165) is 12.0 Å². The van der Waals surface area contributed by atoms with E-state index in [1.54, 1.807) is 12.3 Å². The Kier molecular flexibility index (Phi) is 4.96. The van der Waals surface area contributed by atoms with Gasteiger partial charge in [0.25, 0.3) is 0 Å². The average Bonchev–Trinajstić information content (AvgIpc) is 3.37. The number of carbonyl (C=O) groups excluding carboxylic acids is 1. The molecule has 1 amide bonds. The number of nitrogens with zero attached hydrogens (tertiary/aromatic N) is 1. The smallest absolute Gasteiger partial charge is 0.243 e. The Bertz CT molecular complexity index is 790. The molecule has 0 aliphatic heterocycles. The minimum atomic E-state index is -0.0341. The van der Waals surface area contributed by atoms with Gasteiger partial charge in [0.1, 0.15) is 0 Å². The Morgan fingerprint density at radius 3 is 2.48 bits per heavy atom. The number of hydrazone groups is 1. The summed E-state index contributed by atoms with van der Waals surface area (Å²) in [5.41, 5.74) is 6.09. The van der Waals surface area contributed by atoms with E-state index in [0.29, 0.717) is 10.9 Å². The summed E-state index contributed by atoms with van der Waals surface area (Å²) in [6.45, 7) is 6.60. The number of carbonyl (C=O) groups is 1. The first-order valence-corrected chi connectivity index (χ1v) is 8.92. The van der Waals surface area contributed by atoms with Crippen molar-refractivity contribution < 1.29 is 4.79 Å². The van der Waals surface area contributed by atoms with Crippen LogP contribution >= 0.6 is 11.6 Å². The number of hydrogen-bond acceptors (Lipinski definition) is 2. The van der Waals surface area contributed by atoms with Crippen molar-refractivity contribution in [3.63, 3.8) is 0 Å². The molecule has 4 heteroatoms. The van der Waals surface area contributed by atoms with Crippen LogP contribution in [0.2, 0.25) is 5.02 Å². The Labute approximate surface area is 154 Å². The molecule has 0 heterocycles. The minimum absolute atomic E-state index is 0.00359. The third-order valence-corrected chi connectivity index (χ3v) is 4.96. The van der Waals surface area contributed by atoms with Crippen molar-refractivity contribution in [2.45, 2.75) is 38.5 Å². The Morgan fingerprint density at radius 2 is 1.84 bits per heavy atom. The minimum Gasteiger partial charge on any atom is -0.273 e. The maximum absolute atomic E-state index is 12.2. The first-order chi connectivity index (χ1) is 11.9. The predicted molar refractivity (Wildman–Crippen MR) is 103 cm³/mol. The number of halogens is 1. The first-order valence-electron chi connectivity index (χ1n) is 8.54. The lowest BCUT2D eigenvalue weighted by atomic mass is 9.86. The quantitative estimate of drug-likeness (QED) is 0.616. The van der Waals surface area contributed by atoms with Crippen LogP contribution in [0.25, 0.3) is 0 Å². The molecule has 0 saturated heterocycles. The van der Waals surface area contributed by atoms with E-state index in [4.69, 9.17) is 11.6 Å². The molecular weight excluding hydrogens is 332 g/mol. The lowest BCUT2D eigenvalue weighted by molar-refractivity contribution is -0.122. The Morgan fingerprint density at radius 1 is 1.16 bits per heavy atom. The van der Waals surface area contributed by atoms with Crippen molar-refractivity contribution in [2.24, 2.45) is 11.0 Å². The molecule has 1 saturated carbocycles. The molecule has 3 rings (SSSR count). The first kappa shape index (κ1) is 17.7. The van der Waals surface area contributed by atoms with E-state index in [1.807, 2.05) is 18.2 Å². The second kappa shape index (κ2) is 7.01. The van der Waals surface area contributed by atoms with Gasteiger partial charge in [0.05, 0.1) is 6.21 Å². The highest BCUT2D eigenvalue weighted by Crippen LogP contribution is 2.47. The summed E-state index contributed by atoms with van der Waals surface area (Å²) >= 11 is 6.06. The molecule has 2 aromatic carbocycles. The molecule has 1 aliphatic carbocycles. The van der Waals surface area contributed by atoms with Crippen LogP contribution in [0.5, 0.6) is 0 Å². The second-order valence-electron chi connectivity index (χ2n) is 7.58. The summed E-state index contributed by atoms with van der Waals surface area (Å²) in [4.78, 5) is 12.2. The molecule has 2 atom stereocenters. The van der Waals surface area contributed by atoms with Gasteiger partial charge in [0.15, 0.2) is 0 Å². The summed E-state index contributed by atoms with van der Waals surface area (Å²) in [5.74, 6) is 0.265. The number of hydrogen-bond donors (Lipinski definition) is 1. The van der Waals surface area contributed by atoms with Gasteiger partial charge in [-0.05, 0) is 34.9 Å². The molecule has 1 aliphatic rings. The normalized spacial score (nSPS) is 19.8. The number of rotatable bonds is 4. The molecule has 0 aromatic heterocycles. The average molecular weight is 355 g/mol. The van der Waals surface area contributed by atoms with E-state index < -0.39 is 0 Å². The molecule has 1 fully saturated rings. The molecule has 0 bridgehead atoms. The van der Waals surface area contributed by atoms with Crippen LogP contribution in [0.4, 0.5) is 0 Å². The Hall–Kier alpha value is -2.13. The van der Waals surface area contributed by atoms with Crippen LogP contribution in [0, 0.1) is 5.92 Å². The van der Waals surface area contributed by atoms with Crippen LogP contribution < -0.4 is 5.43 Å². The standard InChI is InChI=1S/C21H23ClN2O/c1-21(2,3)16-10-8-14(9-11-16)17-12-18(17)20(25)24-23-13-15-6-4-5-7-19(15)22/h4-11,13,17-18H,12H2,1-3H3,(H,24,25). The number of amides is 1. The van der Waals surface area contributed by atoms with Gasteiger partial charge in [-0.15, -0.1) is 0 Å². The van der Waals surface area contributed by atoms with Crippen LogP contribution in [0.3, 0.4) is 0 Å². The fraction of sp³-hybridized carbons (Fsp3) is 0.333. The highest BCUT2D eigenvalue weighted by Gasteiger charge is 2.43. The highest BCUT2D eigenvalue weighted by molar-refractivity contribution is 6.33. The molecule has 2 unspecified atom stereocenters. The van der Waals surface area contributed by atoms with Crippen molar-refractivity contribution in [1.82, 2.24) is 5.43 Å². The summed E-state index contributed by atoms with van der Waals surface area (Å²) in [6.07, 6.45) is 2.46. The van der Waals surface area contributed by atoms with Crippen LogP contribution in [0.1, 0.15) is 49.8 Å². The lowest BCUT2D eigenvalue weighted by Gasteiger charge is -2.19. The zero-order valence-electron chi connectivity index (χ0n) is 14.8. The van der Waals surface area contributed by atoms with Crippen LogP contribution in [-0.4, -0.2) is 12.1 Å². The van der Waals surface area contributed by atoms with E-state index >= 15 is 0 Å². The van der Waals surface area contributed by atoms with E-state index in [-0.39, 0.29) is 17.2 Å². The zero-order chi connectivity index (χ0) is 18.0. The predicted octanol–water partition coefficient (Wildman–Crippen LogP) is 4.89. The molecule has 130 valence electrons. The van der Waals surface area contributed by atoms with Gasteiger partial charge in [0.2, 0.25) is 5.91 Å². The van der Waals surface area contributed by atoms with Gasteiger partial charge in [-0.25, -0.2) is 5.43 Å². The lowest BCUT2D eigenvalue weighted by Crippen LogP contribution is -2.20.